The fraction of sp³-hybridized carbons (Fsp3) is 0.143. The Morgan fingerprint density at radius 3 is 2.10 bits per heavy atom. The fourth-order valence-electron chi connectivity index (χ4n) is 1.70. The van der Waals surface area contributed by atoms with Crippen molar-refractivity contribution in [3.8, 4) is 0 Å². The number of rotatable bonds is 3. The van der Waals surface area contributed by atoms with E-state index in [2.05, 4.69) is 0 Å². The normalized spacial score (nSPS) is 11.7. The van der Waals surface area contributed by atoms with Gasteiger partial charge in [0.05, 0.1) is 5.56 Å². The van der Waals surface area contributed by atoms with Gasteiger partial charge < -0.3 is 5.73 Å². The summed E-state index contributed by atoms with van der Waals surface area (Å²) >= 11 is 1.14. The van der Waals surface area contributed by atoms with Crippen molar-refractivity contribution in [1.82, 2.24) is 0 Å². The van der Waals surface area contributed by atoms with E-state index >= 15 is 0 Å². The number of hydrogen-bond donors (Lipinski definition) is 1. The molecule has 0 aromatic heterocycles. The molecule has 0 unspecified atom stereocenters. The molecule has 1 nitrogen and oxygen atoms in total. The van der Waals surface area contributed by atoms with Crippen LogP contribution in [0.5, 0.6) is 0 Å². The molecule has 6 heteroatoms. The summed E-state index contributed by atoms with van der Waals surface area (Å²) in [5.74, 6) is -0.385. The SMILES string of the molecule is NCc1ccc(Sc2ccc(F)cc2)cc1C(F)(F)F. The van der Waals surface area contributed by atoms with Crippen molar-refractivity contribution < 1.29 is 17.6 Å². The minimum atomic E-state index is -4.44. The second kappa shape index (κ2) is 5.85. The van der Waals surface area contributed by atoms with Crippen LogP contribution in [0.25, 0.3) is 0 Å². The van der Waals surface area contributed by atoms with Crippen LogP contribution in [-0.2, 0) is 12.7 Å². The zero-order valence-electron chi connectivity index (χ0n) is 10.2. The van der Waals surface area contributed by atoms with Crippen molar-refractivity contribution in [2.75, 3.05) is 0 Å². The van der Waals surface area contributed by atoms with Crippen LogP contribution in [0.2, 0.25) is 0 Å². The van der Waals surface area contributed by atoms with Gasteiger partial charge in [-0.1, -0.05) is 17.8 Å². The number of nitrogens with two attached hydrogens (primary N) is 1. The van der Waals surface area contributed by atoms with Gasteiger partial charge in [-0.2, -0.15) is 13.2 Å². The summed E-state index contributed by atoms with van der Waals surface area (Å²) in [6, 6.07) is 9.58. The molecule has 0 amide bonds. The lowest BCUT2D eigenvalue weighted by atomic mass is 10.1. The predicted molar refractivity (Wildman–Crippen MR) is 69.9 cm³/mol. The van der Waals surface area contributed by atoms with Gasteiger partial charge >= 0.3 is 6.18 Å². The van der Waals surface area contributed by atoms with E-state index in [4.69, 9.17) is 5.73 Å². The average Bonchev–Trinajstić information content (AvgIpc) is 2.40. The van der Waals surface area contributed by atoms with Crippen LogP contribution >= 0.6 is 11.8 Å². The zero-order chi connectivity index (χ0) is 14.8. The third kappa shape index (κ3) is 3.52. The van der Waals surface area contributed by atoms with Crippen molar-refractivity contribution in [2.45, 2.75) is 22.5 Å². The van der Waals surface area contributed by atoms with Gasteiger partial charge in [0.2, 0.25) is 0 Å². The van der Waals surface area contributed by atoms with E-state index in [0.717, 1.165) is 17.8 Å². The highest BCUT2D eigenvalue weighted by atomic mass is 32.2. The maximum atomic E-state index is 12.9. The second-order valence-corrected chi connectivity index (χ2v) is 5.22. The van der Waals surface area contributed by atoms with E-state index in [-0.39, 0.29) is 17.9 Å². The number of hydrogen-bond acceptors (Lipinski definition) is 2. The topological polar surface area (TPSA) is 26.0 Å². The Balaban J connectivity index is 2.31. The summed E-state index contributed by atoms with van der Waals surface area (Å²) in [6.07, 6.45) is -4.44. The lowest BCUT2D eigenvalue weighted by Gasteiger charge is -2.13. The minimum Gasteiger partial charge on any atom is -0.326 e. The third-order valence-electron chi connectivity index (χ3n) is 2.66. The summed E-state index contributed by atoms with van der Waals surface area (Å²) in [7, 11) is 0. The molecule has 0 aliphatic heterocycles. The van der Waals surface area contributed by atoms with Crippen molar-refractivity contribution in [3.63, 3.8) is 0 Å². The molecule has 2 aromatic rings. The average molecular weight is 301 g/mol. The Labute approximate surface area is 117 Å². The van der Waals surface area contributed by atoms with Crippen LogP contribution in [0.15, 0.2) is 52.3 Å². The summed E-state index contributed by atoms with van der Waals surface area (Å²) in [6.45, 7) is -0.170. The molecule has 2 N–H and O–H groups in total. The molecule has 0 spiro atoms. The summed E-state index contributed by atoms with van der Waals surface area (Å²) < 4.78 is 51.5. The number of halogens is 4. The highest BCUT2D eigenvalue weighted by Crippen LogP contribution is 2.36. The first kappa shape index (κ1) is 14.9. The maximum absolute atomic E-state index is 12.9. The van der Waals surface area contributed by atoms with Crippen LogP contribution in [0.1, 0.15) is 11.1 Å². The smallest absolute Gasteiger partial charge is 0.326 e. The molecule has 0 atom stereocenters. The molecule has 0 heterocycles. The van der Waals surface area contributed by atoms with E-state index in [1.165, 1.54) is 30.3 Å². The van der Waals surface area contributed by atoms with Gasteiger partial charge in [-0.25, -0.2) is 4.39 Å². The lowest BCUT2D eigenvalue weighted by molar-refractivity contribution is -0.138. The van der Waals surface area contributed by atoms with E-state index in [1.807, 2.05) is 0 Å². The first-order valence-electron chi connectivity index (χ1n) is 5.74. The number of benzene rings is 2. The van der Waals surface area contributed by atoms with Gasteiger partial charge in [-0.15, -0.1) is 0 Å². The minimum absolute atomic E-state index is 0.0564. The molecule has 106 valence electrons. The fourth-order valence-corrected chi connectivity index (χ4v) is 2.56. The molecular formula is C14H11F4NS. The van der Waals surface area contributed by atoms with Gasteiger partial charge in [0.1, 0.15) is 5.82 Å². The van der Waals surface area contributed by atoms with E-state index in [0.29, 0.717) is 9.79 Å². The molecule has 0 aliphatic rings. The van der Waals surface area contributed by atoms with E-state index < -0.39 is 11.7 Å². The van der Waals surface area contributed by atoms with Crippen LogP contribution in [0.4, 0.5) is 17.6 Å². The highest BCUT2D eigenvalue weighted by molar-refractivity contribution is 7.99. The first-order valence-corrected chi connectivity index (χ1v) is 6.55. The van der Waals surface area contributed by atoms with Gasteiger partial charge in [0, 0.05) is 16.3 Å². The van der Waals surface area contributed by atoms with Gasteiger partial charge in [-0.3, -0.25) is 0 Å². The van der Waals surface area contributed by atoms with Gasteiger partial charge in [-0.05, 0) is 42.0 Å². The largest absolute Gasteiger partial charge is 0.416 e. The molecule has 2 rings (SSSR count). The standard InChI is InChI=1S/C14H11F4NS/c15-10-2-5-11(6-3-10)20-12-4-1-9(8-19)13(7-12)14(16,17)18/h1-7H,8,19H2. The molecule has 0 saturated heterocycles. The Kier molecular flexibility index (Phi) is 4.35. The van der Waals surface area contributed by atoms with Crippen molar-refractivity contribution in [3.05, 3.63) is 59.4 Å². The highest BCUT2D eigenvalue weighted by Gasteiger charge is 2.33. The van der Waals surface area contributed by atoms with Gasteiger partial charge in [0.15, 0.2) is 0 Å². The second-order valence-electron chi connectivity index (χ2n) is 4.08. The van der Waals surface area contributed by atoms with Crippen molar-refractivity contribution in [2.24, 2.45) is 5.73 Å². The van der Waals surface area contributed by atoms with Crippen molar-refractivity contribution in [1.29, 1.82) is 0 Å². The number of alkyl halides is 3. The first-order chi connectivity index (χ1) is 9.40. The summed E-state index contributed by atoms with van der Waals surface area (Å²) in [5.41, 5.74) is 4.65. The van der Waals surface area contributed by atoms with Gasteiger partial charge in [0.25, 0.3) is 0 Å². The lowest BCUT2D eigenvalue weighted by Crippen LogP contribution is -2.11. The van der Waals surface area contributed by atoms with Crippen LogP contribution in [0, 0.1) is 5.82 Å². The van der Waals surface area contributed by atoms with Crippen LogP contribution in [-0.4, -0.2) is 0 Å². The Morgan fingerprint density at radius 1 is 0.950 bits per heavy atom. The van der Waals surface area contributed by atoms with Crippen LogP contribution < -0.4 is 5.73 Å². The molecule has 0 aliphatic carbocycles. The molecule has 20 heavy (non-hydrogen) atoms. The van der Waals surface area contributed by atoms with E-state index in [1.54, 1.807) is 6.07 Å². The summed E-state index contributed by atoms with van der Waals surface area (Å²) in [4.78, 5) is 1.10. The summed E-state index contributed by atoms with van der Waals surface area (Å²) in [5, 5.41) is 0. The monoisotopic (exact) mass is 301 g/mol. The van der Waals surface area contributed by atoms with E-state index in [9.17, 15) is 17.6 Å². The Hall–Kier alpha value is -1.53. The molecule has 0 fully saturated rings. The quantitative estimate of drug-likeness (QED) is 0.847. The molecule has 0 saturated carbocycles. The zero-order valence-corrected chi connectivity index (χ0v) is 11.1. The Morgan fingerprint density at radius 2 is 1.55 bits per heavy atom. The maximum Gasteiger partial charge on any atom is 0.416 e. The van der Waals surface area contributed by atoms with Crippen LogP contribution in [0.3, 0.4) is 0 Å². The Bertz CT molecular complexity index is 593. The third-order valence-corrected chi connectivity index (χ3v) is 3.65. The predicted octanol–water partition coefficient (Wildman–Crippen LogP) is 4.45. The molecular weight excluding hydrogens is 290 g/mol. The molecule has 0 radical (unpaired) electrons. The molecule has 2 aromatic carbocycles. The molecule has 0 bridgehead atoms. The van der Waals surface area contributed by atoms with Crippen molar-refractivity contribution >= 4 is 11.8 Å².